The minimum atomic E-state index is -0.339. The molecule has 0 N–H and O–H groups in total. The summed E-state index contributed by atoms with van der Waals surface area (Å²) < 4.78 is 21.7. The molecule has 4 aromatic heterocycles. The predicted molar refractivity (Wildman–Crippen MR) is 157 cm³/mol. The second kappa shape index (κ2) is 11.8. The molecule has 0 fully saturated rings. The molecule has 8 heteroatoms. The molecule has 0 saturated carbocycles. The normalized spacial score (nSPS) is 10.8. The van der Waals surface area contributed by atoms with Crippen LogP contribution in [0, 0.1) is 17.9 Å². The van der Waals surface area contributed by atoms with Crippen LogP contribution < -0.4 is 0 Å². The summed E-state index contributed by atoms with van der Waals surface area (Å²) in [4.78, 5) is 17.5. The van der Waals surface area contributed by atoms with Gasteiger partial charge in [0.25, 0.3) is 0 Å². The van der Waals surface area contributed by atoms with E-state index in [1.165, 1.54) is 18.5 Å². The molecule has 0 bridgehead atoms. The van der Waals surface area contributed by atoms with Gasteiger partial charge in [0, 0.05) is 43.4 Å². The zero-order chi connectivity index (χ0) is 27.6. The average Bonchev–Trinajstić information content (AvgIpc) is 3.61. The van der Waals surface area contributed by atoms with Crippen LogP contribution in [0.1, 0.15) is 0 Å². The van der Waals surface area contributed by atoms with Gasteiger partial charge in [0.1, 0.15) is 23.2 Å². The van der Waals surface area contributed by atoms with Gasteiger partial charge in [-0.3, -0.25) is 4.98 Å². The number of aromatic nitrogens is 5. The SMILES string of the molecule is Fc1ccc2c(c1)oc1c(-c3nc4cncnc4n3-c3ccccc3)[c-]ccc12.[Ir].[c-]1ccccc1-c1ccccn1. The van der Waals surface area contributed by atoms with Crippen molar-refractivity contribution in [3.63, 3.8) is 0 Å². The minimum absolute atomic E-state index is 0. The first kappa shape index (κ1) is 27.1. The van der Waals surface area contributed by atoms with Gasteiger partial charge in [-0.1, -0.05) is 41.3 Å². The first-order valence-corrected chi connectivity index (χ1v) is 12.9. The molecule has 1 radical (unpaired) electrons. The summed E-state index contributed by atoms with van der Waals surface area (Å²) >= 11 is 0. The van der Waals surface area contributed by atoms with Crippen LogP contribution in [-0.2, 0) is 20.1 Å². The van der Waals surface area contributed by atoms with E-state index in [4.69, 9.17) is 9.40 Å². The van der Waals surface area contributed by atoms with Gasteiger partial charge >= 0.3 is 0 Å². The van der Waals surface area contributed by atoms with Gasteiger partial charge in [0.2, 0.25) is 0 Å². The maximum Gasteiger partial charge on any atom is 0.158 e. The van der Waals surface area contributed by atoms with Crippen molar-refractivity contribution in [2.45, 2.75) is 0 Å². The Balaban J connectivity index is 0.000000205. The van der Waals surface area contributed by atoms with Crippen molar-refractivity contribution in [3.8, 4) is 28.3 Å². The van der Waals surface area contributed by atoms with Gasteiger partial charge in [0.05, 0.1) is 17.6 Å². The van der Waals surface area contributed by atoms with Crippen LogP contribution in [-0.4, -0.2) is 24.5 Å². The molecule has 0 atom stereocenters. The molecule has 8 aromatic rings. The maximum absolute atomic E-state index is 13.7. The second-order valence-electron chi connectivity index (χ2n) is 9.17. The summed E-state index contributed by atoms with van der Waals surface area (Å²) in [6, 6.07) is 38.2. The van der Waals surface area contributed by atoms with Gasteiger partial charge in [0.15, 0.2) is 5.65 Å². The van der Waals surface area contributed by atoms with Crippen molar-refractivity contribution >= 4 is 33.1 Å². The number of nitrogens with zero attached hydrogens (tertiary/aromatic N) is 5. The summed E-state index contributed by atoms with van der Waals surface area (Å²) in [7, 11) is 0. The molecule has 0 spiro atoms. The summed E-state index contributed by atoms with van der Waals surface area (Å²) in [5.41, 5.74) is 6.05. The van der Waals surface area contributed by atoms with E-state index >= 15 is 0 Å². The fraction of sp³-hybridized carbons (Fsp3) is 0. The fourth-order valence-electron chi connectivity index (χ4n) is 4.78. The minimum Gasteiger partial charge on any atom is -0.500 e. The number of hydrogen-bond acceptors (Lipinski definition) is 5. The van der Waals surface area contributed by atoms with Crippen molar-refractivity contribution < 1.29 is 28.9 Å². The van der Waals surface area contributed by atoms with Crippen LogP contribution in [0.4, 0.5) is 4.39 Å². The standard InChI is InChI=1S/C23H12FN4O.C11H8N.Ir/c24-14-9-10-16-17-7-4-8-18(21(17)29-20(16)11-14)22-27-19-12-25-13-26-23(19)28(22)15-5-2-1-3-6-15;1-2-6-10(7-3-1)11-8-4-5-9-12-11;/h1-7,9-13H;1-6,8-9H;/q2*-1;. The Morgan fingerprint density at radius 3 is 2.45 bits per heavy atom. The zero-order valence-corrected chi connectivity index (χ0v) is 24.3. The Kier molecular flexibility index (Phi) is 7.64. The molecule has 4 aromatic carbocycles. The van der Waals surface area contributed by atoms with Crippen molar-refractivity contribution in [2.75, 3.05) is 0 Å². The van der Waals surface area contributed by atoms with Crippen LogP contribution in [0.2, 0.25) is 0 Å². The van der Waals surface area contributed by atoms with E-state index in [9.17, 15) is 4.39 Å². The Morgan fingerprint density at radius 2 is 1.64 bits per heavy atom. The average molecular weight is 726 g/mol. The third-order valence-corrected chi connectivity index (χ3v) is 6.61. The van der Waals surface area contributed by atoms with E-state index in [2.05, 4.69) is 27.1 Å². The Hall–Kier alpha value is -5.04. The fourth-order valence-corrected chi connectivity index (χ4v) is 4.78. The molecule has 42 heavy (non-hydrogen) atoms. The van der Waals surface area contributed by atoms with E-state index in [0.29, 0.717) is 33.7 Å². The largest absolute Gasteiger partial charge is 0.500 e. The Morgan fingerprint density at radius 1 is 0.786 bits per heavy atom. The van der Waals surface area contributed by atoms with E-state index in [1.54, 1.807) is 18.5 Å². The number of rotatable bonds is 3. The number of halogens is 1. The van der Waals surface area contributed by atoms with Crippen LogP contribution in [0.25, 0.3) is 61.4 Å². The number of para-hydroxylation sites is 1. The molecule has 4 heterocycles. The quantitative estimate of drug-likeness (QED) is 0.174. The predicted octanol–water partition coefficient (Wildman–Crippen LogP) is 7.87. The molecular formula is C34H20FIrN5O-2. The number of pyridine rings is 1. The topological polar surface area (TPSA) is 69.6 Å². The maximum atomic E-state index is 13.7. The van der Waals surface area contributed by atoms with Gasteiger partial charge in [-0.15, -0.1) is 54.1 Å². The Labute approximate surface area is 253 Å². The summed E-state index contributed by atoms with van der Waals surface area (Å²) in [5, 5.41) is 1.73. The van der Waals surface area contributed by atoms with Crippen molar-refractivity contribution in [3.05, 3.63) is 140 Å². The number of hydrogen-bond donors (Lipinski definition) is 0. The van der Waals surface area contributed by atoms with E-state index < -0.39 is 0 Å². The summed E-state index contributed by atoms with van der Waals surface area (Å²) in [6.45, 7) is 0. The van der Waals surface area contributed by atoms with Crippen molar-refractivity contribution in [2.24, 2.45) is 0 Å². The number of fused-ring (bicyclic) bond motifs is 4. The van der Waals surface area contributed by atoms with Gasteiger partial charge in [-0.05, 0) is 36.0 Å². The third-order valence-electron chi connectivity index (χ3n) is 6.61. The van der Waals surface area contributed by atoms with Crippen molar-refractivity contribution in [1.29, 1.82) is 0 Å². The molecule has 6 nitrogen and oxygen atoms in total. The van der Waals surface area contributed by atoms with E-state index in [1.807, 2.05) is 89.5 Å². The summed E-state index contributed by atoms with van der Waals surface area (Å²) in [5.74, 6) is 0.297. The molecule has 8 rings (SSSR count). The van der Waals surface area contributed by atoms with E-state index in [0.717, 1.165) is 27.7 Å². The van der Waals surface area contributed by atoms with Crippen LogP contribution in [0.15, 0.2) is 126 Å². The van der Waals surface area contributed by atoms with Gasteiger partial charge < -0.3 is 14.0 Å². The third kappa shape index (κ3) is 5.09. The zero-order valence-electron chi connectivity index (χ0n) is 21.9. The molecule has 0 aliphatic carbocycles. The number of furan rings is 1. The van der Waals surface area contributed by atoms with Crippen LogP contribution in [0.3, 0.4) is 0 Å². The molecule has 0 aliphatic rings. The molecular weight excluding hydrogens is 706 g/mol. The molecule has 0 saturated heterocycles. The van der Waals surface area contributed by atoms with Crippen LogP contribution in [0.5, 0.6) is 0 Å². The van der Waals surface area contributed by atoms with Crippen molar-refractivity contribution in [1.82, 2.24) is 24.5 Å². The molecule has 0 amide bonds. The molecule has 0 unspecified atom stereocenters. The van der Waals surface area contributed by atoms with Gasteiger partial charge in [-0.25, -0.2) is 14.4 Å². The first-order chi connectivity index (χ1) is 20.3. The smallest absolute Gasteiger partial charge is 0.158 e. The molecule has 205 valence electrons. The number of benzene rings is 4. The Bertz CT molecular complexity index is 2080. The first-order valence-electron chi connectivity index (χ1n) is 12.9. The second-order valence-corrected chi connectivity index (χ2v) is 9.17. The summed E-state index contributed by atoms with van der Waals surface area (Å²) in [6.07, 6.45) is 4.97. The van der Waals surface area contributed by atoms with E-state index in [-0.39, 0.29) is 25.9 Å². The van der Waals surface area contributed by atoms with Crippen LogP contribution >= 0.6 is 0 Å². The molecule has 0 aliphatic heterocycles. The monoisotopic (exact) mass is 726 g/mol. The number of imidazole rings is 1. The van der Waals surface area contributed by atoms with Gasteiger partial charge in [-0.2, -0.15) is 0 Å².